The SMILES string of the molecule is O=C1c2ccccc2C(=O)N1c1ccc(-c2ccc(N3C(=O)c4ccccc4C3=O)cc2)cc1. The van der Waals surface area contributed by atoms with Crippen molar-refractivity contribution in [2.45, 2.75) is 0 Å². The van der Waals surface area contributed by atoms with Crippen molar-refractivity contribution in [3.05, 3.63) is 119 Å². The number of fused-ring (bicyclic) bond motifs is 2. The summed E-state index contributed by atoms with van der Waals surface area (Å²) in [5, 5.41) is 0. The highest BCUT2D eigenvalue weighted by Crippen LogP contribution is 2.32. The number of benzene rings is 4. The maximum atomic E-state index is 12.7. The monoisotopic (exact) mass is 444 g/mol. The van der Waals surface area contributed by atoms with E-state index in [0.29, 0.717) is 33.6 Å². The third-order valence-electron chi connectivity index (χ3n) is 6.17. The summed E-state index contributed by atoms with van der Waals surface area (Å²) in [5.74, 6) is -1.34. The van der Waals surface area contributed by atoms with Crippen molar-refractivity contribution in [2.75, 3.05) is 9.80 Å². The van der Waals surface area contributed by atoms with Crippen LogP contribution in [-0.4, -0.2) is 23.6 Å². The number of imide groups is 2. The predicted molar refractivity (Wildman–Crippen MR) is 127 cm³/mol. The molecule has 6 heteroatoms. The van der Waals surface area contributed by atoms with E-state index < -0.39 is 0 Å². The van der Waals surface area contributed by atoms with Crippen LogP contribution in [0.5, 0.6) is 0 Å². The van der Waals surface area contributed by atoms with Gasteiger partial charge in [-0.1, -0.05) is 48.5 Å². The minimum atomic E-state index is -0.335. The maximum Gasteiger partial charge on any atom is 0.266 e. The molecule has 2 aliphatic heterocycles. The molecule has 0 atom stereocenters. The smallest absolute Gasteiger partial charge is 0.266 e. The van der Waals surface area contributed by atoms with E-state index in [-0.39, 0.29) is 23.6 Å². The summed E-state index contributed by atoms with van der Waals surface area (Å²) in [5.41, 5.74) is 4.35. The van der Waals surface area contributed by atoms with Gasteiger partial charge in [0.2, 0.25) is 0 Å². The van der Waals surface area contributed by atoms with Crippen LogP contribution < -0.4 is 9.80 Å². The summed E-state index contributed by atoms with van der Waals surface area (Å²) in [4.78, 5) is 53.2. The summed E-state index contributed by atoms with van der Waals surface area (Å²) >= 11 is 0. The minimum Gasteiger partial charge on any atom is -0.268 e. The van der Waals surface area contributed by atoms with Gasteiger partial charge in [-0.25, -0.2) is 9.80 Å². The number of rotatable bonds is 3. The summed E-state index contributed by atoms with van der Waals surface area (Å²) in [7, 11) is 0. The molecule has 6 rings (SSSR count). The number of anilines is 2. The van der Waals surface area contributed by atoms with Crippen LogP contribution in [0, 0.1) is 0 Å². The Morgan fingerprint density at radius 2 is 0.618 bits per heavy atom. The summed E-state index contributed by atoms with van der Waals surface area (Å²) in [6.45, 7) is 0. The molecular formula is C28H16N2O4. The van der Waals surface area contributed by atoms with Crippen molar-refractivity contribution in [3.63, 3.8) is 0 Å². The van der Waals surface area contributed by atoms with Gasteiger partial charge >= 0.3 is 0 Å². The standard InChI is InChI=1S/C28H16N2O4/c31-25-21-5-1-2-6-22(21)26(32)29(25)19-13-9-17(10-14-19)18-11-15-20(16-12-18)30-27(33)23-7-3-4-8-24(23)28(30)34/h1-16H. The van der Waals surface area contributed by atoms with Gasteiger partial charge in [-0.2, -0.15) is 0 Å². The van der Waals surface area contributed by atoms with Crippen LogP contribution in [-0.2, 0) is 0 Å². The van der Waals surface area contributed by atoms with Crippen molar-refractivity contribution >= 4 is 35.0 Å². The fourth-order valence-electron chi connectivity index (χ4n) is 4.45. The number of hydrogen-bond donors (Lipinski definition) is 0. The van der Waals surface area contributed by atoms with Crippen LogP contribution in [0.2, 0.25) is 0 Å². The lowest BCUT2D eigenvalue weighted by atomic mass is 10.0. The summed E-state index contributed by atoms with van der Waals surface area (Å²) < 4.78 is 0. The summed E-state index contributed by atoms with van der Waals surface area (Å²) in [6.07, 6.45) is 0. The van der Waals surface area contributed by atoms with Gasteiger partial charge in [0.25, 0.3) is 23.6 Å². The number of amides is 4. The molecule has 162 valence electrons. The van der Waals surface area contributed by atoms with E-state index in [0.717, 1.165) is 11.1 Å². The molecule has 0 aliphatic carbocycles. The molecule has 0 saturated heterocycles. The Bertz CT molecular complexity index is 1330. The van der Waals surface area contributed by atoms with Gasteiger partial charge in [-0.05, 0) is 59.7 Å². The fraction of sp³-hybridized carbons (Fsp3) is 0. The number of nitrogens with zero attached hydrogens (tertiary/aromatic N) is 2. The van der Waals surface area contributed by atoms with Gasteiger partial charge in [0.1, 0.15) is 0 Å². The molecule has 0 fully saturated rings. The zero-order chi connectivity index (χ0) is 23.4. The minimum absolute atomic E-state index is 0.335. The normalized spacial score (nSPS) is 14.6. The van der Waals surface area contributed by atoms with E-state index in [1.807, 2.05) is 24.3 Å². The average Bonchev–Trinajstić information content (AvgIpc) is 3.29. The van der Waals surface area contributed by atoms with E-state index >= 15 is 0 Å². The zero-order valence-electron chi connectivity index (χ0n) is 17.8. The summed E-state index contributed by atoms with van der Waals surface area (Å²) in [6, 6.07) is 27.8. The van der Waals surface area contributed by atoms with Crippen molar-refractivity contribution in [1.29, 1.82) is 0 Å². The first-order chi connectivity index (χ1) is 16.5. The molecule has 0 N–H and O–H groups in total. The van der Waals surface area contributed by atoms with Crippen LogP contribution in [0.4, 0.5) is 11.4 Å². The molecule has 0 radical (unpaired) electrons. The molecule has 4 aromatic rings. The van der Waals surface area contributed by atoms with Crippen LogP contribution in [0.15, 0.2) is 97.1 Å². The van der Waals surface area contributed by atoms with Gasteiger partial charge in [0, 0.05) is 0 Å². The third-order valence-corrected chi connectivity index (χ3v) is 6.17. The van der Waals surface area contributed by atoms with Gasteiger partial charge in [0.15, 0.2) is 0 Å². The van der Waals surface area contributed by atoms with E-state index in [1.54, 1.807) is 72.8 Å². The Morgan fingerprint density at radius 3 is 0.882 bits per heavy atom. The molecule has 6 nitrogen and oxygen atoms in total. The second kappa shape index (κ2) is 7.35. The molecule has 4 amide bonds. The Hall–Kier alpha value is -4.84. The maximum absolute atomic E-state index is 12.7. The second-order valence-corrected chi connectivity index (χ2v) is 8.08. The number of carbonyl (C=O) groups excluding carboxylic acids is 4. The van der Waals surface area contributed by atoms with Crippen LogP contribution in [0.25, 0.3) is 11.1 Å². The average molecular weight is 444 g/mol. The van der Waals surface area contributed by atoms with Crippen LogP contribution in [0.3, 0.4) is 0 Å². The third kappa shape index (κ3) is 2.82. The quantitative estimate of drug-likeness (QED) is 0.419. The Kier molecular flexibility index (Phi) is 4.28. The van der Waals surface area contributed by atoms with Crippen molar-refractivity contribution in [1.82, 2.24) is 0 Å². The van der Waals surface area contributed by atoms with Gasteiger partial charge in [0.05, 0.1) is 33.6 Å². The van der Waals surface area contributed by atoms with Crippen molar-refractivity contribution in [3.8, 4) is 11.1 Å². The fourth-order valence-corrected chi connectivity index (χ4v) is 4.45. The lowest BCUT2D eigenvalue weighted by Crippen LogP contribution is -2.29. The number of carbonyl (C=O) groups is 4. The Balaban J connectivity index is 1.25. The lowest BCUT2D eigenvalue weighted by Gasteiger charge is -2.16. The zero-order valence-corrected chi connectivity index (χ0v) is 17.8. The first kappa shape index (κ1) is 19.8. The molecule has 2 aliphatic rings. The van der Waals surface area contributed by atoms with E-state index in [2.05, 4.69) is 0 Å². The molecule has 0 aromatic heterocycles. The first-order valence-corrected chi connectivity index (χ1v) is 10.7. The van der Waals surface area contributed by atoms with Crippen molar-refractivity contribution in [2.24, 2.45) is 0 Å². The van der Waals surface area contributed by atoms with Crippen LogP contribution in [0.1, 0.15) is 41.4 Å². The molecular weight excluding hydrogens is 428 g/mol. The lowest BCUT2D eigenvalue weighted by molar-refractivity contribution is 0.0910. The first-order valence-electron chi connectivity index (χ1n) is 10.7. The van der Waals surface area contributed by atoms with Gasteiger partial charge < -0.3 is 0 Å². The predicted octanol–water partition coefficient (Wildman–Crippen LogP) is 4.95. The second-order valence-electron chi connectivity index (χ2n) is 8.08. The van der Waals surface area contributed by atoms with Crippen molar-refractivity contribution < 1.29 is 19.2 Å². The molecule has 34 heavy (non-hydrogen) atoms. The van der Waals surface area contributed by atoms with E-state index in [4.69, 9.17) is 0 Å². The van der Waals surface area contributed by atoms with E-state index in [9.17, 15) is 19.2 Å². The number of hydrogen-bond acceptors (Lipinski definition) is 4. The highest BCUT2D eigenvalue weighted by molar-refractivity contribution is 6.35. The Labute approximate surface area is 194 Å². The molecule has 4 aromatic carbocycles. The molecule has 0 spiro atoms. The van der Waals surface area contributed by atoms with Gasteiger partial charge in [-0.15, -0.1) is 0 Å². The molecule has 2 heterocycles. The highest BCUT2D eigenvalue weighted by Gasteiger charge is 2.37. The molecule has 0 unspecified atom stereocenters. The highest BCUT2D eigenvalue weighted by atomic mass is 16.2. The molecule has 0 bridgehead atoms. The van der Waals surface area contributed by atoms with Gasteiger partial charge in [-0.3, -0.25) is 19.2 Å². The Morgan fingerprint density at radius 1 is 0.353 bits per heavy atom. The largest absolute Gasteiger partial charge is 0.268 e. The molecule has 0 saturated carbocycles. The van der Waals surface area contributed by atoms with Crippen LogP contribution >= 0.6 is 0 Å². The van der Waals surface area contributed by atoms with E-state index in [1.165, 1.54) is 9.80 Å². The topological polar surface area (TPSA) is 74.8 Å².